The Morgan fingerprint density at radius 3 is 2.70 bits per heavy atom. The van der Waals surface area contributed by atoms with Crippen molar-refractivity contribution in [1.82, 2.24) is 19.4 Å². The summed E-state index contributed by atoms with van der Waals surface area (Å²) in [6.45, 7) is 5.43. The zero-order valence-corrected chi connectivity index (χ0v) is 22.6. The number of hydrogen-bond acceptors (Lipinski definition) is 4. The van der Waals surface area contributed by atoms with Crippen molar-refractivity contribution in [3.63, 3.8) is 0 Å². The molecule has 4 heterocycles. The van der Waals surface area contributed by atoms with Crippen molar-refractivity contribution in [2.24, 2.45) is 0 Å². The lowest BCUT2D eigenvalue weighted by molar-refractivity contribution is 0.0670. The third kappa shape index (κ3) is 4.70. The van der Waals surface area contributed by atoms with E-state index in [-0.39, 0.29) is 24.5 Å². The molecule has 2 aromatic carbocycles. The molecule has 8 nitrogen and oxygen atoms in total. The van der Waals surface area contributed by atoms with E-state index in [2.05, 4.69) is 22.5 Å². The molecule has 0 radical (unpaired) electrons. The van der Waals surface area contributed by atoms with Crippen LogP contribution in [-0.2, 0) is 12.8 Å². The highest BCUT2D eigenvalue weighted by Gasteiger charge is 2.29. The van der Waals surface area contributed by atoms with Crippen LogP contribution < -0.4 is 5.32 Å². The Balaban J connectivity index is 1.26. The van der Waals surface area contributed by atoms with Crippen LogP contribution in [0, 0.1) is 5.82 Å². The molecule has 2 aromatic heterocycles. The second kappa shape index (κ2) is 10.4. The lowest BCUT2D eigenvalue weighted by atomic mass is 9.93. The Kier molecular flexibility index (Phi) is 6.75. The van der Waals surface area contributed by atoms with E-state index in [0.717, 1.165) is 23.1 Å². The average Bonchev–Trinajstić information content (AvgIpc) is 3.59. The molecule has 2 N–H and O–H groups in total. The number of amides is 3. The van der Waals surface area contributed by atoms with E-state index in [1.807, 2.05) is 43.0 Å². The largest absolute Gasteiger partial charge is 0.391 e. The van der Waals surface area contributed by atoms with E-state index in [1.54, 1.807) is 22.8 Å². The van der Waals surface area contributed by atoms with Gasteiger partial charge in [0.25, 0.3) is 5.91 Å². The van der Waals surface area contributed by atoms with Gasteiger partial charge in [0.05, 0.1) is 17.7 Å². The standard InChI is InChI=1S/C31H32FN5O3/c1-3-20-14-28(30(39)36-13-10-21-6-4-5-7-25(21)19(36)2)34-37-17-22(15-29(20)37)26-9-8-23(16-27(26)32)33-31(40)35-12-11-24(38)18-35/h4-9,14-17,19,24,38H,3,10-13,18H2,1-2H3,(H,33,40)/t19-,24-/m1/s1. The van der Waals surface area contributed by atoms with Gasteiger partial charge in [0.2, 0.25) is 0 Å². The van der Waals surface area contributed by atoms with Gasteiger partial charge in [-0.15, -0.1) is 0 Å². The van der Waals surface area contributed by atoms with Crippen LogP contribution >= 0.6 is 0 Å². The first-order valence-electron chi connectivity index (χ1n) is 13.8. The van der Waals surface area contributed by atoms with E-state index in [1.165, 1.54) is 16.5 Å². The molecule has 2 aliphatic heterocycles. The Morgan fingerprint density at radius 1 is 1.12 bits per heavy atom. The minimum absolute atomic E-state index is 0.0520. The number of nitrogens with zero attached hydrogens (tertiary/aromatic N) is 4. The molecule has 0 aliphatic carbocycles. The normalized spacial score (nSPS) is 18.7. The number of carbonyl (C=O) groups is 2. The molecule has 1 saturated heterocycles. The van der Waals surface area contributed by atoms with Crippen molar-refractivity contribution in [2.75, 3.05) is 25.0 Å². The summed E-state index contributed by atoms with van der Waals surface area (Å²) in [4.78, 5) is 29.5. The van der Waals surface area contributed by atoms with Crippen LogP contribution in [0.2, 0.25) is 0 Å². The van der Waals surface area contributed by atoms with Gasteiger partial charge in [-0.25, -0.2) is 13.7 Å². The van der Waals surface area contributed by atoms with Crippen molar-refractivity contribution >= 4 is 23.1 Å². The van der Waals surface area contributed by atoms with Crippen molar-refractivity contribution in [1.29, 1.82) is 0 Å². The number of halogens is 1. The molecule has 4 aromatic rings. The smallest absolute Gasteiger partial charge is 0.321 e. The monoisotopic (exact) mass is 541 g/mol. The highest BCUT2D eigenvalue weighted by atomic mass is 19.1. The summed E-state index contributed by atoms with van der Waals surface area (Å²) >= 11 is 0. The minimum Gasteiger partial charge on any atom is -0.391 e. The average molecular weight is 542 g/mol. The highest BCUT2D eigenvalue weighted by Crippen LogP contribution is 2.32. The van der Waals surface area contributed by atoms with Crippen LogP contribution in [0.3, 0.4) is 0 Å². The molecule has 0 saturated carbocycles. The third-order valence-electron chi connectivity index (χ3n) is 8.09. The maximum atomic E-state index is 15.3. The first kappa shape index (κ1) is 26.0. The quantitative estimate of drug-likeness (QED) is 0.378. The molecular formula is C31H32FN5O3. The van der Waals surface area contributed by atoms with Crippen LogP contribution in [0.1, 0.15) is 53.5 Å². The predicted molar refractivity (Wildman–Crippen MR) is 151 cm³/mol. The molecule has 0 unspecified atom stereocenters. The molecule has 1 fully saturated rings. The first-order chi connectivity index (χ1) is 19.3. The van der Waals surface area contributed by atoms with Gasteiger partial charge in [0.15, 0.2) is 0 Å². The zero-order valence-electron chi connectivity index (χ0n) is 22.6. The lowest BCUT2D eigenvalue weighted by Crippen LogP contribution is -2.39. The van der Waals surface area contributed by atoms with Gasteiger partial charge < -0.3 is 20.2 Å². The second-order valence-electron chi connectivity index (χ2n) is 10.6. The topological polar surface area (TPSA) is 90.2 Å². The molecule has 6 rings (SSSR count). The number of aromatic nitrogens is 2. The molecule has 3 amide bonds. The van der Waals surface area contributed by atoms with Crippen molar-refractivity contribution in [2.45, 2.75) is 45.3 Å². The van der Waals surface area contributed by atoms with Gasteiger partial charge in [-0.2, -0.15) is 5.10 Å². The minimum atomic E-state index is -0.522. The van der Waals surface area contributed by atoms with E-state index in [4.69, 9.17) is 0 Å². The van der Waals surface area contributed by atoms with Crippen LogP contribution in [0.15, 0.2) is 60.8 Å². The van der Waals surface area contributed by atoms with E-state index < -0.39 is 11.9 Å². The number of urea groups is 1. The number of aliphatic hydroxyl groups excluding tert-OH is 1. The summed E-state index contributed by atoms with van der Waals surface area (Å²) < 4.78 is 16.9. The molecule has 0 spiro atoms. The number of aryl methyl sites for hydroxylation is 1. The molecule has 2 atom stereocenters. The van der Waals surface area contributed by atoms with Crippen molar-refractivity contribution < 1.29 is 19.1 Å². The summed E-state index contributed by atoms with van der Waals surface area (Å²) in [5, 5.41) is 17.0. The van der Waals surface area contributed by atoms with Gasteiger partial charge in [-0.05, 0) is 73.2 Å². The van der Waals surface area contributed by atoms with Gasteiger partial charge in [0.1, 0.15) is 11.5 Å². The highest BCUT2D eigenvalue weighted by molar-refractivity contribution is 5.93. The molecule has 0 bridgehead atoms. The number of aliphatic hydroxyl groups is 1. The Morgan fingerprint density at radius 2 is 1.95 bits per heavy atom. The van der Waals surface area contributed by atoms with E-state index in [0.29, 0.717) is 48.4 Å². The molecule has 2 aliphatic rings. The first-order valence-corrected chi connectivity index (χ1v) is 13.8. The summed E-state index contributed by atoms with van der Waals surface area (Å²) in [5.41, 5.74) is 5.91. The molecule has 40 heavy (non-hydrogen) atoms. The Labute approximate surface area is 232 Å². The van der Waals surface area contributed by atoms with Crippen LogP contribution in [0.4, 0.5) is 14.9 Å². The number of carbonyl (C=O) groups excluding carboxylic acids is 2. The Hall–Kier alpha value is -4.24. The van der Waals surface area contributed by atoms with Gasteiger partial charge in [-0.3, -0.25) is 4.79 Å². The maximum absolute atomic E-state index is 15.3. The number of β-amino-alcohol motifs (C(OH)–C–C–N with tert-alkyl or cyclic N) is 1. The maximum Gasteiger partial charge on any atom is 0.321 e. The van der Waals surface area contributed by atoms with Gasteiger partial charge >= 0.3 is 6.03 Å². The number of likely N-dealkylation sites (tertiary alicyclic amines) is 1. The number of rotatable bonds is 4. The van der Waals surface area contributed by atoms with Crippen LogP contribution in [-0.4, -0.2) is 62.2 Å². The summed E-state index contributed by atoms with van der Waals surface area (Å²) in [6.07, 6.45) is 3.24. The second-order valence-corrected chi connectivity index (χ2v) is 10.6. The predicted octanol–water partition coefficient (Wildman–Crippen LogP) is 5.06. The summed E-state index contributed by atoms with van der Waals surface area (Å²) in [5.74, 6) is -0.601. The van der Waals surface area contributed by atoms with Crippen LogP contribution in [0.5, 0.6) is 0 Å². The fourth-order valence-electron chi connectivity index (χ4n) is 5.85. The van der Waals surface area contributed by atoms with Crippen molar-refractivity contribution in [3.8, 4) is 11.1 Å². The molecular weight excluding hydrogens is 509 g/mol. The SMILES string of the molecule is CCc1cc(C(=O)N2CCc3ccccc3[C@H]2C)nn2cc(-c3ccc(NC(=O)N4CC[C@@H](O)C4)cc3F)cc12. The zero-order chi connectivity index (χ0) is 28.0. The summed E-state index contributed by atoms with van der Waals surface area (Å²) in [6, 6.07) is 16.1. The number of nitrogens with one attached hydrogen (secondary N) is 1. The van der Waals surface area contributed by atoms with Crippen molar-refractivity contribution in [3.05, 3.63) is 89.0 Å². The van der Waals surface area contributed by atoms with Gasteiger partial charge in [-0.1, -0.05) is 31.2 Å². The third-order valence-corrected chi connectivity index (χ3v) is 8.09. The van der Waals surface area contributed by atoms with E-state index >= 15 is 4.39 Å². The number of anilines is 1. The van der Waals surface area contributed by atoms with E-state index in [9.17, 15) is 14.7 Å². The van der Waals surface area contributed by atoms with Crippen LogP contribution in [0.25, 0.3) is 16.6 Å². The molecule has 206 valence electrons. The summed E-state index contributed by atoms with van der Waals surface area (Å²) in [7, 11) is 0. The molecule has 9 heteroatoms. The Bertz CT molecular complexity index is 1620. The van der Waals surface area contributed by atoms with Gasteiger partial charge in [0, 0.05) is 42.6 Å². The number of benzene rings is 2. The fraction of sp³-hybridized carbons (Fsp3) is 0.323. The lowest BCUT2D eigenvalue weighted by Gasteiger charge is -2.35. The fourth-order valence-corrected chi connectivity index (χ4v) is 5.85. The number of fused-ring (bicyclic) bond motifs is 2. The number of hydrogen-bond donors (Lipinski definition) is 2.